The molecule has 1 aliphatic rings. The molecule has 1 aromatic carbocycles. The van der Waals surface area contributed by atoms with E-state index in [4.69, 9.17) is 0 Å². The molecule has 1 heterocycles. The molecule has 0 spiro atoms. The summed E-state index contributed by atoms with van der Waals surface area (Å²) in [6.07, 6.45) is 1.63. The van der Waals surface area contributed by atoms with E-state index in [2.05, 4.69) is 10.9 Å². The molecule has 1 aliphatic heterocycles. The monoisotopic (exact) mass is 247 g/mol. The van der Waals surface area contributed by atoms with E-state index in [0.29, 0.717) is 12.8 Å². The normalized spacial score (nSPS) is 14.3. The van der Waals surface area contributed by atoms with Gasteiger partial charge in [-0.1, -0.05) is 12.1 Å². The van der Waals surface area contributed by atoms with E-state index in [-0.39, 0.29) is 11.8 Å². The Morgan fingerprint density at radius 1 is 1.39 bits per heavy atom. The van der Waals surface area contributed by atoms with Crippen LogP contribution in [0, 0.1) is 0 Å². The number of hydrogen-bond acceptors (Lipinski definition) is 3. The van der Waals surface area contributed by atoms with Crippen molar-refractivity contribution in [1.82, 2.24) is 10.9 Å². The maximum Gasteiger partial charge on any atom is 0.238 e. The first kappa shape index (κ1) is 12.6. The molecular formula is C13H17N3O2. The smallest absolute Gasteiger partial charge is 0.238 e. The van der Waals surface area contributed by atoms with Crippen molar-refractivity contribution >= 4 is 17.5 Å². The van der Waals surface area contributed by atoms with E-state index >= 15 is 0 Å². The highest BCUT2D eigenvalue weighted by Gasteiger charge is 2.20. The number of benzene rings is 1. The van der Waals surface area contributed by atoms with E-state index in [1.54, 1.807) is 19.0 Å². The molecule has 0 saturated carbocycles. The zero-order chi connectivity index (χ0) is 13.1. The van der Waals surface area contributed by atoms with Gasteiger partial charge in [0.2, 0.25) is 11.8 Å². The molecule has 0 aliphatic carbocycles. The van der Waals surface area contributed by atoms with Gasteiger partial charge in [0, 0.05) is 26.2 Å². The van der Waals surface area contributed by atoms with Gasteiger partial charge in [0.1, 0.15) is 0 Å². The molecule has 0 bridgehead atoms. The third kappa shape index (κ3) is 2.51. The molecule has 96 valence electrons. The molecule has 2 N–H and O–H groups in total. The van der Waals surface area contributed by atoms with E-state index in [1.807, 2.05) is 18.2 Å². The lowest BCUT2D eigenvalue weighted by atomic mass is 9.98. The number of amides is 2. The fourth-order valence-electron chi connectivity index (χ4n) is 2.19. The number of anilines is 1. The highest BCUT2D eigenvalue weighted by atomic mass is 16.2. The molecule has 1 aromatic rings. The molecule has 5 nitrogen and oxygen atoms in total. The van der Waals surface area contributed by atoms with Crippen LogP contribution in [0.15, 0.2) is 18.2 Å². The van der Waals surface area contributed by atoms with Crippen molar-refractivity contribution in [2.45, 2.75) is 19.3 Å². The van der Waals surface area contributed by atoms with Gasteiger partial charge in [-0.25, -0.2) is 5.43 Å². The summed E-state index contributed by atoms with van der Waals surface area (Å²) >= 11 is 0. The Morgan fingerprint density at radius 2 is 2.17 bits per heavy atom. The van der Waals surface area contributed by atoms with Crippen molar-refractivity contribution in [3.05, 3.63) is 29.3 Å². The number of carbonyl (C=O) groups is 2. The lowest BCUT2D eigenvalue weighted by Crippen LogP contribution is -2.35. The van der Waals surface area contributed by atoms with Crippen LogP contribution in [-0.4, -0.2) is 25.9 Å². The maximum absolute atomic E-state index is 11.6. The summed E-state index contributed by atoms with van der Waals surface area (Å²) in [5.41, 5.74) is 8.19. The third-order valence-corrected chi connectivity index (χ3v) is 3.12. The largest absolute Gasteiger partial charge is 0.315 e. The molecule has 0 saturated heterocycles. The predicted molar refractivity (Wildman–Crippen MR) is 69.1 cm³/mol. The Labute approximate surface area is 106 Å². The zero-order valence-corrected chi connectivity index (χ0v) is 10.6. The summed E-state index contributed by atoms with van der Waals surface area (Å²) in [4.78, 5) is 24.7. The van der Waals surface area contributed by atoms with E-state index in [9.17, 15) is 9.59 Å². The number of fused-ring (bicyclic) bond motifs is 1. The SMILES string of the molecule is CNNC(=O)Cc1ccc2c(c1)CCC(=O)N2C. The van der Waals surface area contributed by atoms with Crippen LogP contribution in [0.5, 0.6) is 0 Å². The fraction of sp³-hybridized carbons (Fsp3) is 0.385. The number of carbonyl (C=O) groups excluding carboxylic acids is 2. The van der Waals surface area contributed by atoms with Crippen molar-refractivity contribution in [3.8, 4) is 0 Å². The van der Waals surface area contributed by atoms with Crippen molar-refractivity contribution < 1.29 is 9.59 Å². The molecular weight excluding hydrogens is 230 g/mol. The number of hydrazine groups is 1. The summed E-state index contributed by atoms with van der Waals surface area (Å²) in [7, 11) is 3.44. The lowest BCUT2D eigenvalue weighted by molar-refractivity contribution is -0.121. The molecule has 0 aromatic heterocycles. The van der Waals surface area contributed by atoms with Crippen LogP contribution < -0.4 is 15.8 Å². The quantitative estimate of drug-likeness (QED) is 0.760. The summed E-state index contributed by atoms with van der Waals surface area (Å²) in [5, 5.41) is 0. The highest BCUT2D eigenvalue weighted by Crippen LogP contribution is 2.27. The van der Waals surface area contributed by atoms with Gasteiger partial charge in [-0.3, -0.25) is 15.0 Å². The summed E-state index contributed by atoms with van der Waals surface area (Å²) < 4.78 is 0. The Kier molecular flexibility index (Phi) is 3.62. The maximum atomic E-state index is 11.6. The summed E-state index contributed by atoms with van der Waals surface area (Å²) in [5.74, 6) is 0.0702. The second-order valence-electron chi connectivity index (χ2n) is 4.39. The van der Waals surface area contributed by atoms with Gasteiger partial charge in [-0.2, -0.15) is 0 Å². The molecule has 5 heteroatoms. The Bertz CT molecular complexity index is 485. The highest BCUT2D eigenvalue weighted by molar-refractivity contribution is 5.96. The Morgan fingerprint density at radius 3 is 2.89 bits per heavy atom. The average Bonchev–Trinajstić information content (AvgIpc) is 2.34. The molecule has 18 heavy (non-hydrogen) atoms. The molecule has 0 fully saturated rings. The Balaban J connectivity index is 2.18. The second-order valence-corrected chi connectivity index (χ2v) is 4.39. The van der Waals surface area contributed by atoms with Crippen molar-refractivity contribution in [2.75, 3.05) is 19.0 Å². The topological polar surface area (TPSA) is 61.4 Å². The van der Waals surface area contributed by atoms with Gasteiger partial charge >= 0.3 is 0 Å². The molecule has 2 rings (SSSR count). The van der Waals surface area contributed by atoms with Crippen LogP contribution in [0.2, 0.25) is 0 Å². The standard InChI is InChI=1S/C13H17N3O2/c1-14-15-12(17)8-9-3-5-11-10(7-9)4-6-13(18)16(11)2/h3,5,7,14H,4,6,8H2,1-2H3,(H,15,17). The minimum atomic E-state index is -0.0716. The van der Waals surface area contributed by atoms with Gasteiger partial charge in [0.05, 0.1) is 6.42 Å². The number of aryl methyl sites for hydroxylation is 1. The van der Waals surface area contributed by atoms with Crippen LogP contribution in [0.4, 0.5) is 5.69 Å². The van der Waals surface area contributed by atoms with Crippen molar-refractivity contribution in [3.63, 3.8) is 0 Å². The first-order valence-electron chi connectivity index (χ1n) is 5.95. The molecule has 0 unspecified atom stereocenters. The molecule has 0 atom stereocenters. The van der Waals surface area contributed by atoms with Crippen LogP contribution in [0.25, 0.3) is 0 Å². The van der Waals surface area contributed by atoms with Gasteiger partial charge in [0.15, 0.2) is 0 Å². The van der Waals surface area contributed by atoms with Crippen LogP contribution in [-0.2, 0) is 22.4 Å². The summed E-state index contributed by atoms with van der Waals surface area (Å²) in [6, 6.07) is 5.81. The average molecular weight is 247 g/mol. The Hall–Kier alpha value is -1.88. The van der Waals surface area contributed by atoms with Crippen molar-refractivity contribution in [1.29, 1.82) is 0 Å². The van der Waals surface area contributed by atoms with Gasteiger partial charge in [-0.05, 0) is 23.6 Å². The molecule has 2 amide bonds. The van der Waals surface area contributed by atoms with Gasteiger partial charge < -0.3 is 4.90 Å². The van der Waals surface area contributed by atoms with Crippen LogP contribution in [0.1, 0.15) is 17.5 Å². The fourth-order valence-corrected chi connectivity index (χ4v) is 2.19. The number of nitrogens with one attached hydrogen (secondary N) is 2. The first-order valence-corrected chi connectivity index (χ1v) is 5.95. The number of hydrogen-bond donors (Lipinski definition) is 2. The summed E-state index contributed by atoms with van der Waals surface area (Å²) in [6.45, 7) is 0. The predicted octanol–water partition coefficient (Wildman–Crippen LogP) is 0.389. The number of rotatable bonds is 3. The van der Waals surface area contributed by atoms with Gasteiger partial charge in [0.25, 0.3) is 0 Å². The lowest BCUT2D eigenvalue weighted by Gasteiger charge is -2.26. The van der Waals surface area contributed by atoms with E-state index in [0.717, 1.165) is 23.2 Å². The minimum absolute atomic E-state index is 0.0716. The first-order chi connectivity index (χ1) is 8.61. The second kappa shape index (κ2) is 5.18. The zero-order valence-electron chi connectivity index (χ0n) is 10.6. The van der Waals surface area contributed by atoms with Crippen molar-refractivity contribution in [2.24, 2.45) is 0 Å². The van der Waals surface area contributed by atoms with Gasteiger partial charge in [-0.15, -0.1) is 0 Å². The molecule has 0 radical (unpaired) electrons. The minimum Gasteiger partial charge on any atom is -0.315 e. The number of nitrogens with zero attached hydrogens (tertiary/aromatic N) is 1. The third-order valence-electron chi connectivity index (χ3n) is 3.12. The van der Waals surface area contributed by atoms with Crippen LogP contribution >= 0.6 is 0 Å². The van der Waals surface area contributed by atoms with Crippen LogP contribution in [0.3, 0.4) is 0 Å². The van der Waals surface area contributed by atoms with E-state index in [1.165, 1.54) is 0 Å². The van der Waals surface area contributed by atoms with E-state index < -0.39 is 0 Å².